The van der Waals surface area contributed by atoms with Crippen LogP contribution in [0.1, 0.15) is 52.0 Å². The number of guanidine groups is 1. The first-order valence-corrected chi connectivity index (χ1v) is 15.1. The number of benzene rings is 2. The Morgan fingerprint density at radius 1 is 0.956 bits per heavy atom. The molecule has 244 valence electrons. The molecule has 0 radical (unpaired) electrons. The summed E-state index contributed by atoms with van der Waals surface area (Å²) >= 11 is 2.99. The molecule has 0 bridgehead atoms. The van der Waals surface area contributed by atoms with Gasteiger partial charge in [-0.25, -0.2) is 9.79 Å². The quantitative estimate of drug-likeness (QED) is 0.0880. The second kappa shape index (κ2) is 17.7. The number of hydrogen-bond acceptors (Lipinski definition) is 9. The number of aliphatic imine (C=N–C) groups is 1. The summed E-state index contributed by atoms with van der Waals surface area (Å²) in [5, 5.41) is 11.3. The lowest BCUT2D eigenvalue weighted by Crippen LogP contribution is -2.32. The first kappa shape index (κ1) is 38.5. The average Bonchev–Trinajstić information content (AvgIpc) is 3.30. The molecule has 0 aliphatic carbocycles. The van der Waals surface area contributed by atoms with E-state index in [1.165, 1.54) is 0 Å². The molecule has 3 aromatic rings. The Bertz CT molecular complexity index is 1440. The molecular weight excluding hydrogens is 640 g/mol. The van der Waals surface area contributed by atoms with E-state index in [1.807, 2.05) is 137 Å². The highest BCUT2D eigenvalue weighted by atomic mass is 79.9. The highest BCUT2D eigenvalue weighted by Crippen LogP contribution is 2.27. The van der Waals surface area contributed by atoms with Gasteiger partial charge in [-0.15, -0.1) is 0 Å². The fourth-order valence-electron chi connectivity index (χ4n) is 3.35. The van der Waals surface area contributed by atoms with Crippen LogP contribution in [-0.4, -0.2) is 77.1 Å². The number of anilines is 2. The molecule has 0 unspecified atom stereocenters. The first-order chi connectivity index (χ1) is 20.9. The Labute approximate surface area is 275 Å². The number of nitrogens with zero attached hydrogens (tertiary/aromatic N) is 6. The number of imidazole rings is 1. The third-order valence-electron chi connectivity index (χ3n) is 5.00. The maximum atomic E-state index is 12.5. The normalized spacial score (nSPS) is 11.0. The van der Waals surface area contributed by atoms with Gasteiger partial charge < -0.3 is 25.0 Å². The molecule has 3 rings (SSSR count). The molecule has 1 heterocycles. The summed E-state index contributed by atoms with van der Waals surface area (Å²) in [6, 6.07) is 19.0. The van der Waals surface area contributed by atoms with Crippen LogP contribution in [0, 0.1) is 11.5 Å². The molecule has 3 N–H and O–H groups in total. The number of carbonyl (C=O) groups excluding carboxylic acids is 2. The smallest absolute Gasteiger partial charge is 0.359 e. The average molecular weight is 686 g/mol. The minimum Gasteiger partial charge on any atom is -0.459 e. The van der Waals surface area contributed by atoms with Gasteiger partial charge in [0.15, 0.2) is 17.7 Å². The van der Waals surface area contributed by atoms with Crippen molar-refractivity contribution in [1.29, 1.82) is 5.26 Å². The van der Waals surface area contributed by atoms with Crippen LogP contribution in [-0.2, 0) is 14.3 Å². The van der Waals surface area contributed by atoms with Crippen LogP contribution in [0.25, 0.3) is 5.69 Å². The lowest BCUT2D eigenvalue weighted by atomic mass is 10.2. The van der Waals surface area contributed by atoms with Gasteiger partial charge in [-0.05, 0) is 65.8 Å². The van der Waals surface area contributed by atoms with E-state index in [0.717, 1.165) is 11.4 Å². The molecule has 0 amide bonds. The van der Waals surface area contributed by atoms with Gasteiger partial charge in [0.2, 0.25) is 11.9 Å². The Morgan fingerprint density at radius 2 is 1.47 bits per heavy atom. The van der Waals surface area contributed by atoms with E-state index in [2.05, 4.69) is 31.2 Å². The van der Waals surface area contributed by atoms with Crippen molar-refractivity contribution in [3.8, 4) is 11.9 Å². The van der Waals surface area contributed by atoms with Gasteiger partial charge in [0.1, 0.15) is 16.5 Å². The van der Waals surface area contributed by atoms with Crippen LogP contribution in [0.15, 0.2) is 65.7 Å². The van der Waals surface area contributed by atoms with Gasteiger partial charge >= 0.3 is 11.9 Å². The van der Waals surface area contributed by atoms with Gasteiger partial charge in [-0.3, -0.25) is 14.7 Å². The minimum atomic E-state index is -0.604. The third-order valence-corrected chi connectivity index (χ3v) is 5.46. The number of alkyl halides is 1. The second-order valence-corrected chi connectivity index (χ2v) is 12.4. The highest BCUT2D eigenvalue weighted by Gasteiger charge is 2.28. The fraction of sp³-hybridized carbons (Fsp3) is 0.406. The number of nitriles is 1. The molecule has 2 aromatic carbocycles. The third kappa shape index (κ3) is 14.2. The van der Waals surface area contributed by atoms with Crippen molar-refractivity contribution in [3.05, 3.63) is 66.4 Å². The predicted molar refractivity (Wildman–Crippen MR) is 183 cm³/mol. The molecule has 0 spiro atoms. The van der Waals surface area contributed by atoms with E-state index >= 15 is 0 Å². The fourth-order valence-corrected chi connectivity index (χ4v) is 3.47. The zero-order valence-corrected chi connectivity index (χ0v) is 29.3. The molecule has 0 aliphatic rings. The zero-order valence-electron chi connectivity index (χ0n) is 27.8. The van der Waals surface area contributed by atoms with Crippen LogP contribution in [0.4, 0.5) is 17.5 Å². The molecule has 0 atom stereocenters. The number of rotatable bonds is 5. The van der Waals surface area contributed by atoms with E-state index in [-0.39, 0.29) is 28.4 Å². The highest BCUT2D eigenvalue weighted by molar-refractivity contribution is 9.09. The van der Waals surface area contributed by atoms with E-state index in [9.17, 15) is 9.59 Å². The number of esters is 2. The monoisotopic (exact) mass is 684 g/mol. The lowest BCUT2D eigenvalue weighted by Gasteiger charge is -2.21. The van der Waals surface area contributed by atoms with Crippen molar-refractivity contribution >= 4 is 51.3 Å². The number of hydrogen-bond donors (Lipinski definition) is 2. The van der Waals surface area contributed by atoms with Crippen molar-refractivity contribution < 1.29 is 19.1 Å². The molecule has 0 fully saturated rings. The van der Waals surface area contributed by atoms with Crippen molar-refractivity contribution in [3.63, 3.8) is 0 Å². The summed E-state index contributed by atoms with van der Waals surface area (Å²) in [6.45, 7) is 11.0. The van der Waals surface area contributed by atoms with E-state index in [4.69, 9.17) is 20.5 Å². The number of para-hydroxylation sites is 2. The predicted octanol–water partition coefficient (Wildman–Crippen LogP) is 5.51. The number of carbonyl (C=O) groups is 2. The summed E-state index contributed by atoms with van der Waals surface area (Å²) in [4.78, 5) is 35.2. The number of ether oxygens (including phenoxy) is 2. The van der Waals surface area contributed by atoms with Crippen LogP contribution >= 0.6 is 15.9 Å². The van der Waals surface area contributed by atoms with Crippen molar-refractivity contribution in [2.75, 3.05) is 44.2 Å². The van der Waals surface area contributed by atoms with Gasteiger partial charge in [-0.2, -0.15) is 10.2 Å². The van der Waals surface area contributed by atoms with E-state index in [1.54, 1.807) is 14.4 Å². The standard InChI is InChI=1S/C16H22N4O2.C10H12N4.C6H11BrO2/c1-16(2,3)22-14(21)12-13(17)18-15(19(4)5)20(12)11-9-7-6-8-10-11;1-14(2)10(12-8-11)13-9-6-4-3-5-7-9;1-6(2,3)9-5(8)4-7/h6-10H,17H2,1-5H3;3-7H,1-2H3,(H,12,13);4H2,1-3H3. The van der Waals surface area contributed by atoms with Crippen molar-refractivity contribution in [2.24, 2.45) is 4.99 Å². The molecule has 13 heteroatoms. The summed E-state index contributed by atoms with van der Waals surface area (Å²) in [5.74, 6) is 0.544. The lowest BCUT2D eigenvalue weighted by molar-refractivity contribution is -0.151. The number of nitrogen functional groups attached to an aromatic ring is 1. The Kier molecular flexibility index (Phi) is 15.1. The molecule has 0 saturated heterocycles. The van der Waals surface area contributed by atoms with Crippen molar-refractivity contribution in [2.45, 2.75) is 52.7 Å². The number of nitrogens with two attached hydrogens (primary N) is 1. The molecule has 1 aromatic heterocycles. The van der Waals surface area contributed by atoms with Gasteiger partial charge in [0.05, 0.1) is 5.69 Å². The van der Waals surface area contributed by atoms with E-state index in [0.29, 0.717) is 11.9 Å². The molecule has 0 saturated carbocycles. The Balaban J connectivity index is 0.000000377. The maximum Gasteiger partial charge on any atom is 0.359 e. The van der Waals surface area contributed by atoms with Crippen molar-refractivity contribution in [1.82, 2.24) is 19.8 Å². The molecule has 12 nitrogen and oxygen atoms in total. The summed E-state index contributed by atoms with van der Waals surface area (Å²) in [7, 11) is 7.35. The molecular formula is C32H45BrN8O4. The zero-order chi connectivity index (χ0) is 34.4. The van der Waals surface area contributed by atoms with Crippen LogP contribution < -0.4 is 16.0 Å². The van der Waals surface area contributed by atoms with Crippen LogP contribution in [0.2, 0.25) is 0 Å². The van der Waals surface area contributed by atoms with E-state index < -0.39 is 11.6 Å². The largest absolute Gasteiger partial charge is 0.459 e. The number of halogens is 1. The SMILES string of the molecule is CC(C)(C)OC(=O)CBr.CN(C)C(=Nc1ccccc1)NC#N.CN(C)c1nc(N)c(C(=O)OC(C)(C)C)n1-c1ccccc1. The Hall–Kier alpha value is -4.57. The molecule has 0 aliphatic heterocycles. The first-order valence-electron chi connectivity index (χ1n) is 14.0. The van der Waals surface area contributed by atoms with Gasteiger partial charge in [-0.1, -0.05) is 52.3 Å². The molecule has 45 heavy (non-hydrogen) atoms. The summed E-state index contributed by atoms with van der Waals surface area (Å²) < 4.78 is 12.1. The summed E-state index contributed by atoms with van der Waals surface area (Å²) in [6.07, 6.45) is 1.85. The maximum absolute atomic E-state index is 12.5. The van der Waals surface area contributed by atoms with Gasteiger partial charge in [0.25, 0.3) is 0 Å². The minimum absolute atomic E-state index is 0.154. The number of nitrogens with one attached hydrogen (secondary N) is 1. The number of aromatic nitrogens is 2. The van der Waals surface area contributed by atoms with Crippen LogP contribution in [0.3, 0.4) is 0 Å². The van der Waals surface area contributed by atoms with Crippen LogP contribution in [0.5, 0.6) is 0 Å². The Morgan fingerprint density at radius 3 is 1.87 bits per heavy atom. The summed E-state index contributed by atoms with van der Waals surface area (Å²) in [5.41, 5.74) is 6.88. The second-order valence-electron chi connectivity index (χ2n) is 11.8. The van der Waals surface area contributed by atoms with Gasteiger partial charge in [0, 0.05) is 33.9 Å². The topological polar surface area (TPSA) is 151 Å².